The van der Waals surface area contributed by atoms with Crippen LogP contribution in [-0.4, -0.2) is 16.5 Å². The van der Waals surface area contributed by atoms with E-state index in [1.807, 2.05) is 37.3 Å². The molecule has 0 radical (unpaired) electrons. The summed E-state index contributed by atoms with van der Waals surface area (Å²) in [5.41, 5.74) is 1.25. The molecule has 0 fully saturated rings. The van der Waals surface area contributed by atoms with Crippen molar-refractivity contribution >= 4 is 33.3 Å². The second-order valence-corrected chi connectivity index (χ2v) is 5.40. The van der Waals surface area contributed by atoms with Gasteiger partial charge in [0.05, 0.1) is 0 Å². The first-order valence-electron chi connectivity index (χ1n) is 6.19. The number of hydrogen-bond donors (Lipinski definition) is 1. The lowest BCUT2D eigenvalue weighted by Gasteiger charge is -2.07. The molecule has 0 atom stereocenters. The monoisotopic (exact) mass is 339 g/mol. The maximum Gasteiger partial charge on any atom is 0.131 e. The molecule has 0 saturated carbocycles. The largest absolute Gasteiger partial charge is 0.370 e. The van der Waals surface area contributed by atoms with Gasteiger partial charge in [0.2, 0.25) is 0 Å². The summed E-state index contributed by atoms with van der Waals surface area (Å²) >= 11 is 9.25. The van der Waals surface area contributed by atoms with Gasteiger partial charge in [0.25, 0.3) is 0 Å². The molecule has 0 aliphatic heterocycles. The summed E-state index contributed by atoms with van der Waals surface area (Å²) in [7, 11) is 0. The average Bonchev–Trinajstić information content (AvgIpc) is 2.40. The van der Waals surface area contributed by atoms with Gasteiger partial charge in [-0.15, -0.1) is 0 Å². The van der Waals surface area contributed by atoms with Crippen molar-refractivity contribution in [2.75, 3.05) is 11.9 Å². The minimum Gasteiger partial charge on any atom is -0.370 e. The number of rotatable bonds is 5. The Labute approximate surface area is 126 Å². The number of nitrogens with one attached hydrogen (secondary N) is 1. The maximum atomic E-state index is 5.85. The van der Waals surface area contributed by atoms with Crippen LogP contribution in [0.1, 0.15) is 18.3 Å². The fourth-order valence-electron chi connectivity index (χ4n) is 1.70. The Morgan fingerprint density at radius 1 is 1.21 bits per heavy atom. The number of nitrogens with zero attached hydrogens (tertiary/aromatic N) is 2. The number of hydrogen-bond acceptors (Lipinski definition) is 3. The molecule has 1 heterocycles. The molecule has 1 aromatic heterocycles. The van der Waals surface area contributed by atoms with E-state index < -0.39 is 0 Å². The van der Waals surface area contributed by atoms with Crippen molar-refractivity contribution < 1.29 is 0 Å². The molecule has 1 aromatic carbocycles. The SMILES string of the molecule is CCc1nc(Br)cc(NCCc2ccc(Cl)cc2)n1. The third-order valence-corrected chi connectivity index (χ3v) is 3.35. The van der Waals surface area contributed by atoms with Crippen LogP contribution in [0.5, 0.6) is 0 Å². The first-order chi connectivity index (χ1) is 9.17. The number of halogens is 2. The highest BCUT2D eigenvalue weighted by Crippen LogP contribution is 2.13. The molecule has 0 aliphatic carbocycles. The first-order valence-corrected chi connectivity index (χ1v) is 7.36. The summed E-state index contributed by atoms with van der Waals surface area (Å²) in [6.45, 7) is 2.87. The lowest BCUT2D eigenvalue weighted by molar-refractivity contribution is 0.915. The van der Waals surface area contributed by atoms with E-state index in [4.69, 9.17) is 11.6 Å². The highest BCUT2D eigenvalue weighted by Gasteiger charge is 2.01. The lowest BCUT2D eigenvalue weighted by atomic mass is 10.1. The molecular formula is C14H15BrClN3. The highest BCUT2D eigenvalue weighted by molar-refractivity contribution is 9.10. The number of aryl methyl sites for hydroxylation is 1. The number of benzene rings is 1. The van der Waals surface area contributed by atoms with Crippen molar-refractivity contribution in [2.24, 2.45) is 0 Å². The Morgan fingerprint density at radius 2 is 1.95 bits per heavy atom. The molecule has 1 N–H and O–H groups in total. The fourth-order valence-corrected chi connectivity index (χ4v) is 2.25. The summed E-state index contributed by atoms with van der Waals surface area (Å²) < 4.78 is 0.813. The zero-order chi connectivity index (χ0) is 13.7. The van der Waals surface area contributed by atoms with Crippen molar-refractivity contribution in [2.45, 2.75) is 19.8 Å². The van der Waals surface area contributed by atoms with Crippen LogP contribution in [0.15, 0.2) is 34.9 Å². The van der Waals surface area contributed by atoms with Gasteiger partial charge in [-0.1, -0.05) is 30.7 Å². The van der Waals surface area contributed by atoms with Crippen LogP contribution < -0.4 is 5.32 Å². The highest BCUT2D eigenvalue weighted by atomic mass is 79.9. The van der Waals surface area contributed by atoms with Gasteiger partial charge in [0.15, 0.2) is 0 Å². The summed E-state index contributed by atoms with van der Waals surface area (Å²) in [6, 6.07) is 9.79. The van der Waals surface area contributed by atoms with Crippen LogP contribution in [-0.2, 0) is 12.8 Å². The van der Waals surface area contributed by atoms with E-state index in [2.05, 4.69) is 31.2 Å². The summed E-state index contributed by atoms with van der Waals surface area (Å²) in [5.74, 6) is 1.69. The van der Waals surface area contributed by atoms with Gasteiger partial charge < -0.3 is 5.32 Å². The van der Waals surface area contributed by atoms with Gasteiger partial charge in [-0.05, 0) is 40.0 Å². The van der Waals surface area contributed by atoms with Gasteiger partial charge in [-0.25, -0.2) is 9.97 Å². The predicted octanol–water partition coefficient (Wildman–Crippen LogP) is 4.11. The molecule has 0 unspecified atom stereocenters. The van der Waals surface area contributed by atoms with E-state index in [1.165, 1.54) is 5.56 Å². The first kappa shape index (κ1) is 14.3. The minimum atomic E-state index is 0.768. The Bertz CT molecular complexity index is 543. The van der Waals surface area contributed by atoms with Crippen LogP contribution in [0, 0.1) is 0 Å². The molecule has 19 heavy (non-hydrogen) atoms. The molecule has 0 spiro atoms. The molecule has 100 valence electrons. The minimum absolute atomic E-state index is 0.768. The second kappa shape index (κ2) is 6.87. The third-order valence-electron chi connectivity index (χ3n) is 2.69. The quantitative estimate of drug-likeness (QED) is 0.832. The number of anilines is 1. The molecule has 0 aliphatic rings. The van der Waals surface area contributed by atoms with E-state index in [0.717, 1.165) is 40.7 Å². The topological polar surface area (TPSA) is 37.8 Å². The van der Waals surface area contributed by atoms with Crippen LogP contribution >= 0.6 is 27.5 Å². The predicted molar refractivity (Wildman–Crippen MR) is 82.8 cm³/mol. The van der Waals surface area contributed by atoms with Crippen molar-refractivity contribution in [3.8, 4) is 0 Å². The second-order valence-electron chi connectivity index (χ2n) is 4.15. The van der Waals surface area contributed by atoms with E-state index in [1.54, 1.807) is 0 Å². The molecule has 3 nitrogen and oxygen atoms in total. The van der Waals surface area contributed by atoms with E-state index in [9.17, 15) is 0 Å². The van der Waals surface area contributed by atoms with Crippen LogP contribution in [0.25, 0.3) is 0 Å². The van der Waals surface area contributed by atoms with Crippen molar-refractivity contribution in [1.29, 1.82) is 0 Å². The molecule has 0 amide bonds. The van der Waals surface area contributed by atoms with Crippen molar-refractivity contribution in [1.82, 2.24) is 9.97 Å². The normalized spacial score (nSPS) is 10.5. The summed E-state index contributed by atoms with van der Waals surface area (Å²) in [6.07, 6.45) is 1.76. The Hall–Kier alpha value is -1.13. The summed E-state index contributed by atoms with van der Waals surface area (Å²) in [4.78, 5) is 8.70. The standard InChI is InChI=1S/C14H15BrClN3/c1-2-13-18-12(15)9-14(19-13)17-8-7-10-3-5-11(16)6-4-10/h3-6,9H,2,7-8H2,1H3,(H,17,18,19). The Balaban J connectivity index is 1.92. The summed E-state index contributed by atoms with van der Waals surface area (Å²) in [5, 5.41) is 4.08. The van der Waals surface area contributed by atoms with Gasteiger partial charge >= 0.3 is 0 Å². The molecule has 5 heteroatoms. The zero-order valence-corrected chi connectivity index (χ0v) is 13.0. The third kappa shape index (κ3) is 4.48. The van der Waals surface area contributed by atoms with Crippen LogP contribution in [0.2, 0.25) is 5.02 Å². The zero-order valence-electron chi connectivity index (χ0n) is 10.7. The van der Waals surface area contributed by atoms with Crippen LogP contribution in [0.3, 0.4) is 0 Å². The van der Waals surface area contributed by atoms with E-state index in [-0.39, 0.29) is 0 Å². The smallest absolute Gasteiger partial charge is 0.131 e. The fraction of sp³-hybridized carbons (Fsp3) is 0.286. The van der Waals surface area contributed by atoms with E-state index >= 15 is 0 Å². The molecule has 2 rings (SSSR count). The van der Waals surface area contributed by atoms with Crippen molar-refractivity contribution in [3.05, 3.63) is 51.3 Å². The van der Waals surface area contributed by atoms with Crippen LogP contribution in [0.4, 0.5) is 5.82 Å². The maximum absolute atomic E-state index is 5.85. The Kier molecular flexibility index (Phi) is 5.16. The molecule has 0 saturated heterocycles. The molecular weight excluding hydrogens is 326 g/mol. The van der Waals surface area contributed by atoms with Crippen molar-refractivity contribution in [3.63, 3.8) is 0 Å². The Morgan fingerprint density at radius 3 is 2.63 bits per heavy atom. The average molecular weight is 341 g/mol. The van der Waals surface area contributed by atoms with Gasteiger partial charge in [-0.2, -0.15) is 0 Å². The lowest BCUT2D eigenvalue weighted by Crippen LogP contribution is -2.08. The van der Waals surface area contributed by atoms with Gasteiger partial charge in [-0.3, -0.25) is 0 Å². The number of aromatic nitrogens is 2. The molecule has 2 aromatic rings. The molecule has 0 bridgehead atoms. The van der Waals surface area contributed by atoms with Gasteiger partial charge in [0, 0.05) is 24.1 Å². The van der Waals surface area contributed by atoms with E-state index in [0.29, 0.717) is 0 Å². The van der Waals surface area contributed by atoms with Gasteiger partial charge in [0.1, 0.15) is 16.2 Å².